The Hall–Kier alpha value is -1.13. The summed E-state index contributed by atoms with van der Waals surface area (Å²) in [6.07, 6.45) is 2.96. The van der Waals surface area contributed by atoms with Gasteiger partial charge in [-0.1, -0.05) is 12.1 Å². The summed E-state index contributed by atoms with van der Waals surface area (Å²) in [4.78, 5) is 0. The van der Waals surface area contributed by atoms with Gasteiger partial charge in [-0.2, -0.15) is 5.10 Å². The van der Waals surface area contributed by atoms with Gasteiger partial charge < -0.3 is 5.32 Å². The van der Waals surface area contributed by atoms with Crippen molar-refractivity contribution >= 4 is 15.9 Å². The van der Waals surface area contributed by atoms with Gasteiger partial charge in [-0.05, 0) is 60.6 Å². The highest BCUT2D eigenvalue weighted by Crippen LogP contribution is 2.22. The average molecular weight is 294 g/mol. The Morgan fingerprint density at radius 1 is 1.35 bits per heavy atom. The van der Waals surface area contributed by atoms with Gasteiger partial charge in [0, 0.05) is 10.2 Å². The summed E-state index contributed by atoms with van der Waals surface area (Å²) in [6.45, 7) is 3.08. The molecule has 0 aliphatic carbocycles. The van der Waals surface area contributed by atoms with E-state index < -0.39 is 0 Å². The molecule has 0 aliphatic rings. The van der Waals surface area contributed by atoms with E-state index in [0.29, 0.717) is 0 Å². The van der Waals surface area contributed by atoms with E-state index >= 15 is 0 Å². The third-order valence-electron chi connectivity index (χ3n) is 2.84. The maximum absolute atomic E-state index is 4.46. The van der Waals surface area contributed by atoms with Gasteiger partial charge in [-0.3, -0.25) is 0 Å². The number of para-hydroxylation sites is 1. The first-order valence-electron chi connectivity index (χ1n) is 5.67. The fourth-order valence-electron chi connectivity index (χ4n) is 1.81. The summed E-state index contributed by atoms with van der Waals surface area (Å²) < 4.78 is 3.04. The van der Waals surface area contributed by atoms with Crippen LogP contribution in [-0.4, -0.2) is 23.4 Å². The first kappa shape index (κ1) is 12.3. The fourth-order valence-corrected chi connectivity index (χ4v) is 2.27. The van der Waals surface area contributed by atoms with Gasteiger partial charge in [-0.15, -0.1) is 0 Å². The van der Waals surface area contributed by atoms with Crippen molar-refractivity contribution in [1.29, 1.82) is 0 Å². The Labute approximate surface area is 110 Å². The van der Waals surface area contributed by atoms with E-state index in [1.165, 1.54) is 11.3 Å². The zero-order chi connectivity index (χ0) is 12.3. The predicted octanol–water partition coefficient (Wildman–Crippen LogP) is 2.71. The van der Waals surface area contributed by atoms with Crippen LogP contribution in [0, 0.1) is 6.92 Å². The van der Waals surface area contributed by atoms with E-state index in [1.807, 2.05) is 36.1 Å². The second-order valence-electron chi connectivity index (χ2n) is 3.97. The second-order valence-corrected chi connectivity index (χ2v) is 4.83. The van der Waals surface area contributed by atoms with Crippen LogP contribution in [0.5, 0.6) is 0 Å². The summed E-state index contributed by atoms with van der Waals surface area (Å²) in [7, 11) is 1.97. The maximum Gasteiger partial charge on any atom is 0.0790 e. The third-order valence-corrected chi connectivity index (χ3v) is 3.51. The molecule has 1 N–H and O–H groups in total. The van der Waals surface area contributed by atoms with E-state index in [4.69, 9.17) is 0 Å². The highest BCUT2D eigenvalue weighted by atomic mass is 79.9. The van der Waals surface area contributed by atoms with Crippen molar-refractivity contribution < 1.29 is 0 Å². The monoisotopic (exact) mass is 293 g/mol. The van der Waals surface area contributed by atoms with Gasteiger partial charge in [0.15, 0.2) is 0 Å². The number of nitrogens with zero attached hydrogens (tertiary/aromatic N) is 2. The molecule has 0 bridgehead atoms. The molecule has 0 amide bonds. The molecule has 0 unspecified atom stereocenters. The molecule has 0 spiro atoms. The van der Waals surface area contributed by atoms with Crippen LogP contribution in [0.15, 0.2) is 34.9 Å². The van der Waals surface area contributed by atoms with Crippen molar-refractivity contribution in [3.8, 4) is 5.69 Å². The molecule has 2 aromatic rings. The Bertz CT molecular complexity index is 505. The smallest absolute Gasteiger partial charge is 0.0790 e. The van der Waals surface area contributed by atoms with Crippen molar-refractivity contribution in [1.82, 2.24) is 15.1 Å². The molecular weight excluding hydrogens is 278 g/mol. The van der Waals surface area contributed by atoms with Crippen molar-refractivity contribution in [2.24, 2.45) is 0 Å². The van der Waals surface area contributed by atoms with Gasteiger partial charge in [0.05, 0.1) is 11.9 Å². The van der Waals surface area contributed by atoms with E-state index in [0.717, 1.165) is 23.1 Å². The van der Waals surface area contributed by atoms with Crippen LogP contribution in [0.1, 0.15) is 11.3 Å². The van der Waals surface area contributed by atoms with Crippen LogP contribution >= 0.6 is 15.9 Å². The van der Waals surface area contributed by atoms with E-state index in [1.54, 1.807) is 0 Å². The first-order chi connectivity index (χ1) is 8.24. The fraction of sp³-hybridized carbons (Fsp3) is 0.308. The average Bonchev–Trinajstić information content (AvgIpc) is 2.69. The molecule has 1 aromatic carbocycles. The summed E-state index contributed by atoms with van der Waals surface area (Å²) in [5, 5.41) is 7.62. The largest absolute Gasteiger partial charge is 0.319 e. The SMILES string of the molecule is CNCCc1cnn(-c2ccccc2Br)c1C. The number of hydrogen-bond acceptors (Lipinski definition) is 2. The number of benzene rings is 1. The van der Waals surface area contributed by atoms with Gasteiger partial charge >= 0.3 is 0 Å². The standard InChI is InChI=1S/C13H16BrN3/c1-10-11(7-8-15-2)9-16-17(10)13-6-4-3-5-12(13)14/h3-6,9,15H,7-8H2,1-2H3. The summed E-state index contributed by atoms with van der Waals surface area (Å²) in [5.74, 6) is 0. The van der Waals surface area contributed by atoms with Gasteiger partial charge in [0.25, 0.3) is 0 Å². The Kier molecular flexibility index (Phi) is 3.97. The zero-order valence-corrected chi connectivity index (χ0v) is 11.7. The lowest BCUT2D eigenvalue weighted by molar-refractivity contribution is 0.784. The quantitative estimate of drug-likeness (QED) is 0.939. The van der Waals surface area contributed by atoms with Crippen molar-refractivity contribution in [3.63, 3.8) is 0 Å². The maximum atomic E-state index is 4.46. The van der Waals surface area contributed by atoms with Gasteiger partial charge in [0.2, 0.25) is 0 Å². The normalized spacial score (nSPS) is 10.8. The minimum Gasteiger partial charge on any atom is -0.319 e. The minimum atomic E-state index is 0.975. The number of aromatic nitrogens is 2. The molecule has 0 fully saturated rings. The molecule has 1 heterocycles. The van der Waals surface area contributed by atoms with Crippen LogP contribution < -0.4 is 5.32 Å². The molecule has 0 saturated carbocycles. The van der Waals surface area contributed by atoms with Crippen LogP contribution in [0.2, 0.25) is 0 Å². The predicted molar refractivity (Wildman–Crippen MR) is 73.6 cm³/mol. The highest BCUT2D eigenvalue weighted by Gasteiger charge is 2.09. The lowest BCUT2D eigenvalue weighted by Gasteiger charge is -2.07. The van der Waals surface area contributed by atoms with E-state index in [-0.39, 0.29) is 0 Å². The van der Waals surface area contributed by atoms with Crippen molar-refractivity contribution in [2.45, 2.75) is 13.3 Å². The molecule has 3 nitrogen and oxygen atoms in total. The van der Waals surface area contributed by atoms with Crippen molar-refractivity contribution in [2.75, 3.05) is 13.6 Å². The number of halogens is 1. The molecule has 0 aliphatic heterocycles. The summed E-state index contributed by atoms with van der Waals surface area (Å²) in [5.41, 5.74) is 3.57. The van der Waals surface area contributed by atoms with Crippen LogP contribution in [0.4, 0.5) is 0 Å². The Morgan fingerprint density at radius 2 is 2.12 bits per heavy atom. The Balaban J connectivity index is 2.34. The van der Waals surface area contributed by atoms with Crippen LogP contribution in [0.25, 0.3) is 5.69 Å². The van der Waals surface area contributed by atoms with E-state index in [9.17, 15) is 0 Å². The van der Waals surface area contributed by atoms with Gasteiger partial charge in [0.1, 0.15) is 0 Å². The molecule has 90 valence electrons. The number of rotatable bonds is 4. The summed E-state index contributed by atoms with van der Waals surface area (Å²) >= 11 is 3.56. The zero-order valence-electron chi connectivity index (χ0n) is 10.1. The highest BCUT2D eigenvalue weighted by molar-refractivity contribution is 9.10. The lowest BCUT2D eigenvalue weighted by atomic mass is 10.2. The van der Waals surface area contributed by atoms with Gasteiger partial charge in [-0.25, -0.2) is 4.68 Å². The Morgan fingerprint density at radius 3 is 2.82 bits per heavy atom. The topological polar surface area (TPSA) is 29.9 Å². The van der Waals surface area contributed by atoms with E-state index in [2.05, 4.69) is 39.3 Å². The second kappa shape index (κ2) is 5.47. The van der Waals surface area contributed by atoms with Crippen molar-refractivity contribution in [3.05, 3.63) is 46.2 Å². The molecule has 17 heavy (non-hydrogen) atoms. The molecule has 0 radical (unpaired) electrons. The molecule has 1 aromatic heterocycles. The number of hydrogen-bond donors (Lipinski definition) is 1. The number of likely N-dealkylation sites (N-methyl/N-ethyl adjacent to an activating group) is 1. The molecule has 0 saturated heterocycles. The third kappa shape index (κ3) is 2.58. The van der Waals surface area contributed by atoms with Crippen LogP contribution in [-0.2, 0) is 6.42 Å². The number of nitrogens with one attached hydrogen (secondary N) is 1. The van der Waals surface area contributed by atoms with Crippen LogP contribution in [0.3, 0.4) is 0 Å². The molecular formula is C13H16BrN3. The lowest BCUT2D eigenvalue weighted by Crippen LogP contribution is -2.10. The molecule has 0 atom stereocenters. The summed E-state index contributed by atoms with van der Waals surface area (Å²) in [6, 6.07) is 8.12. The first-order valence-corrected chi connectivity index (χ1v) is 6.46. The minimum absolute atomic E-state index is 0.975. The molecule has 2 rings (SSSR count). The molecule has 4 heteroatoms.